The van der Waals surface area contributed by atoms with Gasteiger partial charge in [0, 0.05) is 17.4 Å². The summed E-state index contributed by atoms with van der Waals surface area (Å²) < 4.78 is 6.96. The number of nitrogens with one attached hydrogen (secondary N) is 1. The lowest BCUT2D eigenvalue weighted by atomic mass is 10.1. The molecule has 0 aliphatic rings. The number of ether oxygens (including phenoxy) is 1. The van der Waals surface area contributed by atoms with Gasteiger partial charge in [-0.15, -0.1) is 0 Å². The molecular weight excluding hydrogens is 451 g/mol. The van der Waals surface area contributed by atoms with Crippen molar-refractivity contribution in [3.8, 4) is 11.5 Å². The smallest absolute Gasteiger partial charge is 0.257 e. The van der Waals surface area contributed by atoms with E-state index in [1.807, 2.05) is 67.6 Å². The van der Waals surface area contributed by atoms with E-state index in [1.54, 1.807) is 0 Å². The lowest BCUT2D eigenvalue weighted by molar-refractivity contribution is 0.102. The number of rotatable bonds is 6. The largest absolute Gasteiger partial charge is 0.456 e. The van der Waals surface area contributed by atoms with Crippen molar-refractivity contribution in [2.75, 3.05) is 5.32 Å². The van der Waals surface area contributed by atoms with E-state index in [2.05, 4.69) is 39.8 Å². The van der Waals surface area contributed by atoms with E-state index >= 15 is 0 Å². The molecule has 27 heavy (non-hydrogen) atoms. The zero-order valence-corrected chi connectivity index (χ0v) is 17.5. The summed E-state index contributed by atoms with van der Waals surface area (Å²) in [5.41, 5.74) is 3.02. The molecule has 138 valence electrons. The van der Waals surface area contributed by atoms with Crippen LogP contribution in [0.15, 0.2) is 60.7 Å². The van der Waals surface area contributed by atoms with Crippen LogP contribution in [0.25, 0.3) is 0 Å². The number of aryl methyl sites for hydroxylation is 2. The quantitative estimate of drug-likeness (QED) is 0.449. The maximum Gasteiger partial charge on any atom is 0.257 e. The van der Waals surface area contributed by atoms with Crippen LogP contribution < -0.4 is 10.1 Å². The number of halogens is 1. The number of para-hydroxylation sites is 1. The van der Waals surface area contributed by atoms with E-state index in [0.717, 1.165) is 33.5 Å². The molecule has 0 saturated carbocycles. The maximum absolute atomic E-state index is 12.6. The van der Waals surface area contributed by atoms with Gasteiger partial charge in [-0.25, -0.2) is 0 Å². The SMILES string of the molecule is CCCc1ccc(C(=O)Nc2cccc(Oc3ccccc3I)c2)c(C)n1. The van der Waals surface area contributed by atoms with Gasteiger partial charge in [0.1, 0.15) is 11.5 Å². The van der Waals surface area contributed by atoms with Gasteiger partial charge in [0.15, 0.2) is 0 Å². The van der Waals surface area contributed by atoms with E-state index in [9.17, 15) is 4.79 Å². The first kappa shape index (κ1) is 19.4. The molecule has 2 aromatic carbocycles. The van der Waals surface area contributed by atoms with Gasteiger partial charge in [-0.1, -0.05) is 31.5 Å². The fraction of sp³-hybridized carbons (Fsp3) is 0.182. The van der Waals surface area contributed by atoms with Crippen molar-refractivity contribution >= 4 is 34.2 Å². The molecule has 3 aromatic rings. The third kappa shape index (κ3) is 5.07. The highest BCUT2D eigenvalue weighted by Crippen LogP contribution is 2.28. The predicted molar refractivity (Wildman–Crippen MR) is 117 cm³/mol. The van der Waals surface area contributed by atoms with Crippen LogP contribution in [0.1, 0.15) is 35.1 Å². The molecule has 0 spiro atoms. The van der Waals surface area contributed by atoms with Crippen LogP contribution in [0.2, 0.25) is 0 Å². The lowest BCUT2D eigenvalue weighted by Gasteiger charge is -2.11. The molecule has 1 amide bonds. The number of hydrogen-bond donors (Lipinski definition) is 1. The lowest BCUT2D eigenvalue weighted by Crippen LogP contribution is -2.14. The molecule has 0 radical (unpaired) electrons. The van der Waals surface area contributed by atoms with E-state index in [1.165, 1.54) is 0 Å². The second-order valence-corrected chi connectivity index (χ2v) is 7.36. The van der Waals surface area contributed by atoms with E-state index in [4.69, 9.17) is 4.74 Å². The van der Waals surface area contributed by atoms with Gasteiger partial charge in [0.05, 0.1) is 14.8 Å². The van der Waals surface area contributed by atoms with Gasteiger partial charge >= 0.3 is 0 Å². The van der Waals surface area contributed by atoms with Crippen LogP contribution in [0, 0.1) is 10.5 Å². The van der Waals surface area contributed by atoms with Gasteiger partial charge in [-0.05, 0) is 72.3 Å². The molecule has 5 heteroatoms. The van der Waals surface area contributed by atoms with Crippen molar-refractivity contribution in [2.45, 2.75) is 26.7 Å². The van der Waals surface area contributed by atoms with Gasteiger partial charge in [-0.3, -0.25) is 9.78 Å². The molecule has 0 saturated heterocycles. The molecule has 0 fully saturated rings. The Labute approximate surface area is 173 Å². The molecule has 0 unspecified atom stereocenters. The van der Waals surface area contributed by atoms with E-state index in [0.29, 0.717) is 17.0 Å². The Hall–Kier alpha value is -2.41. The van der Waals surface area contributed by atoms with Crippen LogP contribution in [-0.2, 0) is 6.42 Å². The summed E-state index contributed by atoms with van der Waals surface area (Å²) in [5, 5.41) is 2.93. The van der Waals surface area contributed by atoms with E-state index < -0.39 is 0 Å². The van der Waals surface area contributed by atoms with Crippen LogP contribution in [0.4, 0.5) is 5.69 Å². The normalized spacial score (nSPS) is 10.5. The number of nitrogens with zero attached hydrogens (tertiary/aromatic N) is 1. The molecule has 1 aromatic heterocycles. The molecule has 1 N–H and O–H groups in total. The number of anilines is 1. The molecule has 3 rings (SSSR count). The van der Waals surface area contributed by atoms with Crippen LogP contribution in [0.3, 0.4) is 0 Å². The number of pyridine rings is 1. The maximum atomic E-state index is 12.6. The number of carbonyl (C=O) groups excluding carboxylic acids is 1. The highest BCUT2D eigenvalue weighted by Gasteiger charge is 2.12. The first-order valence-corrected chi connectivity index (χ1v) is 9.95. The number of aromatic nitrogens is 1. The molecule has 0 bridgehead atoms. The van der Waals surface area contributed by atoms with Gasteiger partial charge in [-0.2, -0.15) is 0 Å². The van der Waals surface area contributed by atoms with Crippen LogP contribution in [-0.4, -0.2) is 10.9 Å². The molecule has 4 nitrogen and oxygen atoms in total. The Bertz CT molecular complexity index is 957. The molecule has 1 heterocycles. The summed E-state index contributed by atoms with van der Waals surface area (Å²) >= 11 is 2.23. The average Bonchev–Trinajstić information content (AvgIpc) is 2.64. The number of amides is 1. The van der Waals surface area contributed by atoms with Crippen LogP contribution in [0.5, 0.6) is 11.5 Å². The van der Waals surface area contributed by atoms with Crippen LogP contribution >= 0.6 is 22.6 Å². The Balaban J connectivity index is 1.74. The summed E-state index contributed by atoms with van der Waals surface area (Å²) in [6.45, 7) is 3.98. The Morgan fingerprint density at radius 1 is 1.11 bits per heavy atom. The van der Waals surface area contributed by atoms with Crippen molar-refractivity contribution in [1.29, 1.82) is 0 Å². The fourth-order valence-corrected chi connectivity index (χ4v) is 3.24. The molecule has 0 aliphatic carbocycles. The minimum Gasteiger partial charge on any atom is -0.456 e. The van der Waals surface area contributed by atoms with Crippen molar-refractivity contribution in [1.82, 2.24) is 4.98 Å². The summed E-state index contributed by atoms with van der Waals surface area (Å²) in [6.07, 6.45) is 1.95. The Morgan fingerprint density at radius 3 is 2.67 bits per heavy atom. The van der Waals surface area contributed by atoms with E-state index in [-0.39, 0.29) is 5.91 Å². The van der Waals surface area contributed by atoms with Gasteiger partial charge < -0.3 is 10.1 Å². The highest BCUT2D eigenvalue weighted by atomic mass is 127. The van der Waals surface area contributed by atoms with Gasteiger partial charge in [0.25, 0.3) is 5.91 Å². The number of carbonyl (C=O) groups is 1. The third-order valence-electron chi connectivity index (χ3n) is 4.05. The number of benzene rings is 2. The second-order valence-electron chi connectivity index (χ2n) is 6.20. The Kier molecular flexibility index (Phi) is 6.45. The zero-order chi connectivity index (χ0) is 19.2. The average molecular weight is 472 g/mol. The second kappa shape index (κ2) is 8.99. The molecule has 0 aliphatic heterocycles. The van der Waals surface area contributed by atoms with Crippen molar-refractivity contribution in [2.24, 2.45) is 0 Å². The third-order valence-corrected chi connectivity index (χ3v) is 4.94. The minimum atomic E-state index is -0.172. The molecular formula is C22H21IN2O2. The van der Waals surface area contributed by atoms with Gasteiger partial charge in [0.2, 0.25) is 0 Å². The standard InChI is InChI=1S/C22H21IN2O2/c1-3-7-16-12-13-19(15(2)24-16)22(26)25-17-8-6-9-18(14-17)27-21-11-5-4-10-20(21)23/h4-6,8-14H,3,7H2,1-2H3,(H,25,26). The van der Waals surface area contributed by atoms with Crippen molar-refractivity contribution < 1.29 is 9.53 Å². The first-order chi connectivity index (χ1) is 13.1. The highest BCUT2D eigenvalue weighted by molar-refractivity contribution is 14.1. The predicted octanol–water partition coefficient (Wildman–Crippen LogP) is 5.99. The monoisotopic (exact) mass is 472 g/mol. The topological polar surface area (TPSA) is 51.2 Å². The fourth-order valence-electron chi connectivity index (χ4n) is 2.74. The summed E-state index contributed by atoms with van der Waals surface area (Å²) in [5.74, 6) is 1.28. The summed E-state index contributed by atoms with van der Waals surface area (Å²) in [6, 6.07) is 18.9. The first-order valence-electron chi connectivity index (χ1n) is 8.87. The minimum absolute atomic E-state index is 0.172. The van der Waals surface area contributed by atoms with Crippen molar-refractivity contribution in [3.63, 3.8) is 0 Å². The Morgan fingerprint density at radius 2 is 1.93 bits per heavy atom. The zero-order valence-electron chi connectivity index (χ0n) is 15.3. The summed E-state index contributed by atoms with van der Waals surface area (Å²) in [4.78, 5) is 17.2. The molecule has 0 atom stereocenters. The summed E-state index contributed by atoms with van der Waals surface area (Å²) in [7, 11) is 0. The number of hydrogen-bond acceptors (Lipinski definition) is 3. The van der Waals surface area contributed by atoms with Crippen molar-refractivity contribution in [3.05, 3.63) is 81.2 Å².